The SMILES string of the molecule is NCC(=O)N(CC1CCCCN1Cc1ccccc1)C1CC1. The zero-order valence-corrected chi connectivity index (χ0v) is 13.3. The van der Waals surface area contributed by atoms with E-state index in [9.17, 15) is 4.79 Å². The maximum Gasteiger partial charge on any atom is 0.236 e. The first-order valence-corrected chi connectivity index (χ1v) is 8.55. The molecule has 0 spiro atoms. The highest BCUT2D eigenvalue weighted by molar-refractivity contribution is 5.78. The van der Waals surface area contributed by atoms with Crippen LogP contribution >= 0.6 is 0 Å². The number of benzene rings is 1. The van der Waals surface area contributed by atoms with Crippen LogP contribution in [0.5, 0.6) is 0 Å². The van der Waals surface area contributed by atoms with E-state index in [4.69, 9.17) is 5.73 Å². The number of rotatable bonds is 6. The number of likely N-dealkylation sites (tertiary alicyclic amines) is 1. The first kappa shape index (κ1) is 15.5. The van der Waals surface area contributed by atoms with Crippen LogP contribution in [-0.2, 0) is 11.3 Å². The van der Waals surface area contributed by atoms with Crippen molar-refractivity contribution in [2.24, 2.45) is 5.73 Å². The van der Waals surface area contributed by atoms with Crippen LogP contribution in [0.1, 0.15) is 37.7 Å². The summed E-state index contributed by atoms with van der Waals surface area (Å²) in [6.07, 6.45) is 6.02. The highest BCUT2D eigenvalue weighted by Crippen LogP contribution is 2.29. The van der Waals surface area contributed by atoms with E-state index in [1.54, 1.807) is 0 Å². The Bertz CT molecular complexity index is 486. The molecular weight excluding hydrogens is 274 g/mol. The summed E-state index contributed by atoms with van der Waals surface area (Å²) in [6, 6.07) is 11.6. The summed E-state index contributed by atoms with van der Waals surface area (Å²) >= 11 is 0. The van der Waals surface area contributed by atoms with Gasteiger partial charge in [0.05, 0.1) is 6.54 Å². The molecule has 4 heteroatoms. The van der Waals surface area contributed by atoms with Crippen LogP contribution in [0, 0.1) is 0 Å². The van der Waals surface area contributed by atoms with Crippen LogP contribution in [0.15, 0.2) is 30.3 Å². The topological polar surface area (TPSA) is 49.6 Å². The monoisotopic (exact) mass is 301 g/mol. The number of hydrogen-bond acceptors (Lipinski definition) is 3. The number of hydrogen-bond donors (Lipinski definition) is 1. The molecule has 0 aromatic heterocycles. The third-order valence-electron chi connectivity index (χ3n) is 4.87. The smallest absolute Gasteiger partial charge is 0.236 e. The molecule has 1 amide bonds. The average molecular weight is 301 g/mol. The molecule has 2 fully saturated rings. The van der Waals surface area contributed by atoms with Gasteiger partial charge in [0.2, 0.25) is 5.91 Å². The van der Waals surface area contributed by atoms with Crippen molar-refractivity contribution < 1.29 is 4.79 Å². The van der Waals surface area contributed by atoms with Crippen LogP contribution in [0.2, 0.25) is 0 Å². The van der Waals surface area contributed by atoms with Crippen molar-refractivity contribution in [3.63, 3.8) is 0 Å². The molecule has 1 saturated carbocycles. The first-order valence-electron chi connectivity index (χ1n) is 8.55. The second-order valence-electron chi connectivity index (χ2n) is 6.59. The van der Waals surface area contributed by atoms with Gasteiger partial charge in [-0.25, -0.2) is 0 Å². The van der Waals surface area contributed by atoms with Crippen molar-refractivity contribution in [2.45, 2.75) is 50.7 Å². The van der Waals surface area contributed by atoms with E-state index in [2.05, 4.69) is 35.2 Å². The number of carbonyl (C=O) groups excluding carboxylic acids is 1. The Kier molecular flexibility index (Phi) is 5.11. The maximum absolute atomic E-state index is 12.1. The molecule has 22 heavy (non-hydrogen) atoms. The van der Waals surface area contributed by atoms with Gasteiger partial charge in [-0.3, -0.25) is 9.69 Å². The minimum absolute atomic E-state index is 0.118. The van der Waals surface area contributed by atoms with E-state index >= 15 is 0 Å². The predicted molar refractivity (Wildman–Crippen MR) is 88.3 cm³/mol. The van der Waals surface area contributed by atoms with Gasteiger partial charge in [-0.15, -0.1) is 0 Å². The number of amides is 1. The van der Waals surface area contributed by atoms with Crippen molar-refractivity contribution in [3.8, 4) is 0 Å². The standard InChI is InChI=1S/C18H27N3O/c19-12-18(22)21(16-9-10-16)14-17-8-4-5-11-20(17)13-15-6-2-1-3-7-15/h1-3,6-7,16-17H,4-5,8-14,19H2. The molecule has 3 rings (SSSR count). The van der Waals surface area contributed by atoms with Crippen LogP contribution < -0.4 is 5.73 Å². The highest BCUT2D eigenvalue weighted by Gasteiger charge is 2.35. The largest absolute Gasteiger partial charge is 0.337 e. The van der Waals surface area contributed by atoms with Crippen LogP contribution in [-0.4, -0.2) is 47.4 Å². The quantitative estimate of drug-likeness (QED) is 0.874. The van der Waals surface area contributed by atoms with E-state index < -0.39 is 0 Å². The summed E-state index contributed by atoms with van der Waals surface area (Å²) in [7, 11) is 0. The lowest BCUT2D eigenvalue weighted by Gasteiger charge is -2.39. The maximum atomic E-state index is 12.1. The van der Waals surface area contributed by atoms with E-state index in [-0.39, 0.29) is 12.5 Å². The Morgan fingerprint density at radius 3 is 2.64 bits per heavy atom. The molecule has 1 unspecified atom stereocenters. The minimum Gasteiger partial charge on any atom is -0.337 e. The Labute approximate surface area is 133 Å². The number of nitrogens with zero attached hydrogens (tertiary/aromatic N) is 2. The lowest BCUT2D eigenvalue weighted by atomic mass is 10.0. The summed E-state index contributed by atoms with van der Waals surface area (Å²) < 4.78 is 0. The zero-order chi connectivity index (χ0) is 15.4. The molecular formula is C18H27N3O. The third-order valence-corrected chi connectivity index (χ3v) is 4.87. The zero-order valence-electron chi connectivity index (χ0n) is 13.3. The molecule has 1 aromatic rings. The first-order chi connectivity index (χ1) is 10.8. The fourth-order valence-electron chi connectivity index (χ4n) is 3.48. The van der Waals surface area contributed by atoms with Crippen molar-refractivity contribution in [2.75, 3.05) is 19.6 Å². The van der Waals surface area contributed by atoms with Crippen LogP contribution in [0.25, 0.3) is 0 Å². The molecule has 1 atom stereocenters. The molecule has 0 radical (unpaired) electrons. The van der Waals surface area contributed by atoms with Gasteiger partial charge in [0, 0.05) is 25.2 Å². The van der Waals surface area contributed by atoms with Gasteiger partial charge in [-0.2, -0.15) is 0 Å². The molecule has 2 N–H and O–H groups in total. The fourth-order valence-corrected chi connectivity index (χ4v) is 3.48. The molecule has 4 nitrogen and oxygen atoms in total. The van der Waals surface area contributed by atoms with E-state index in [0.29, 0.717) is 12.1 Å². The molecule has 120 valence electrons. The molecule has 0 bridgehead atoms. The molecule has 1 aliphatic heterocycles. The lowest BCUT2D eigenvalue weighted by Crippen LogP contribution is -2.49. The van der Waals surface area contributed by atoms with E-state index in [0.717, 1.165) is 32.5 Å². The molecule has 1 aromatic carbocycles. The molecule has 1 saturated heterocycles. The van der Waals surface area contributed by atoms with Crippen molar-refractivity contribution in [1.29, 1.82) is 0 Å². The van der Waals surface area contributed by atoms with Crippen molar-refractivity contribution in [1.82, 2.24) is 9.80 Å². The van der Waals surface area contributed by atoms with Gasteiger partial charge in [-0.1, -0.05) is 36.8 Å². The summed E-state index contributed by atoms with van der Waals surface area (Å²) in [4.78, 5) is 16.7. The van der Waals surface area contributed by atoms with Gasteiger partial charge in [0.15, 0.2) is 0 Å². The number of piperidine rings is 1. The summed E-state index contributed by atoms with van der Waals surface area (Å²) in [6.45, 7) is 3.12. The van der Waals surface area contributed by atoms with Crippen molar-refractivity contribution >= 4 is 5.91 Å². The third kappa shape index (κ3) is 3.87. The second kappa shape index (κ2) is 7.25. The highest BCUT2D eigenvalue weighted by atomic mass is 16.2. The Morgan fingerprint density at radius 1 is 1.18 bits per heavy atom. The van der Waals surface area contributed by atoms with Gasteiger partial charge in [0.1, 0.15) is 0 Å². The molecule has 1 heterocycles. The Balaban J connectivity index is 1.65. The van der Waals surface area contributed by atoms with E-state index in [1.165, 1.54) is 24.8 Å². The molecule has 2 aliphatic rings. The van der Waals surface area contributed by atoms with E-state index in [1.807, 2.05) is 4.90 Å². The van der Waals surface area contributed by atoms with Gasteiger partial charge in [0.25, 0.3) is 0 Å². The predicted octanol–water partition coefficient (Wildman–Crippen LogP) is 1.99. The number of carbonyl (C=O) groups is 1. The Hall–Kier alpha value is -1.39. The fraction of sp³-hybridized carbons (Fsp3) is 0.611. The lowest BCUT2D eigenvalue weighted by molar-refractivity contribution is -0.131. The minimum atomic E-state index is 0.118. The summed E-state index contributed by atoms with van der Waals surface area (Å²) in [5.41, 5.74) is 6.96. The summed E-state index contributed by atoms with van der Waals surface area (Å²) in [5, 5.41) is 0. The normalized spacial score (nSPS) is 22.5. The van der Waals surface area contributed by atoms with Crippen LogP contribution in [0.4, 0.5) is 0 Å². The van der Waals surface area contributed by atoms with Crippen LogP contribution in [0.3, 0.4) is 0 Å². The van der Waals surface area contributed by atoms with Crippen molar-refractivity contribution in [3.05, 3.63) is 35.9 Å². The Morgan fingerprint density at radius 2 is 1.95 bits per heavy atom. The number of nitrogens with two attached hydrogens (primary N) is 1. The second-order valence-corrected chi connectivity index (χ2v) is 6.59. The van der Waals surface area contributed by atoms with Gasteiger partial charge in [-0.05, 0) is 37.8 Å². The average Bonchev–Trinajstić information content (AvgIpc) is 3.39. The summed E-state index contributed by atoms with van der Waals surface area (Å²) in [5.74, 6) is 0.118. The molecule has 1 aliphatic carbocycles. The van der Waals surface area contributed by atoms with Gasteiger partial charge < -0.3 is 10.6 Å². The van der Waals surface area contributed by atoms with Gasteiger partial charge >= 0.3 is 0 Å².